The Morgan fingerprint density at radius 3 is 2.36 bits per heavy atom. The highest BCUT2D eigenvalue weighted by Crippen LogP contribution is 2.26. The van der Waals surface area contributed by atoms with Gasteiger partial charge in [0.25, 0.3) is 5.91 Å². The number of hydrogen-bond acceptors (Lipinski definition) is 2. The van der Waals surface area contributed by atoms with Gasteiger partial charge in [-0.05, 0) is 36.4 Å². The number of halogens is 3. The molecule has 1 aromatic heterocycles. The summed E-state index contributed by atoms with van der Waals surface area (Å²) < 4.78 is 14.2. The topological polar surface area (TPSA) is 33.2 Å². The molecule has 0 saturated heterocycles. The van der Waals surface area contributed by atoms with Crippen LogP contribution in [-0.4, -0.2) is 10.9 Å². The maximum atomic E-state index is 14.2. The highest BCUT2D eigenvalue weighted by atomic mass is 35.5. The molecule has 1 amide bonds. The first-order chi connectivity index (χ1) is 12.1. The number of benzene rings is 2. The number of nitrogens with zero attached hydrogens (tertiary/aromatic N) is 2. The molecule has 0 N–H and O–H groups in total. The van der Waals surface area contributed by atoms with E-state index < -0.39 is 5.82 Å². The van der Waals surface area contributed by atoms with E-state index in [-0.39, 0.29) is 23.0 Å². The van der Waals surface area contributed by atoms with Crippen LogP contribution in [0.2, 0.25) is 10.0 Å². The van der Waals surface area contributed by atoms with Crippen LogP contribution in [0.3, 0.4) is 0 Å². The molecule has 1 heterocycles. The molecule has 2 aromatic carbocycles. The van der Waals surface area contributed by atoms with Gasteiger partial charge in [0.1, 0.15) is 11.6 Å². The highest BCUT2D eigenvalue weighted by molar-refractivity contribution is 6.34. The maximum absolute atomic E-state index is 14.2. The van der Waals surface area contributed by atoms with Crippen LogP contribution in [0.4, 0.5) is 10.2 Å². The van der Waals surface area contributed by atoms with Crippen molar-refractivity contribution in [3.8, 4) is 0 Å². The van der Waals surface area contributed by atoms with E-state index in [0.717, 1.165) is 0 Å². The van der Waals surface area contributed by atoms with Crippen molar-refractivity contribution in [2.24, 2.45) is 0 Å². The third-order valence-corrected chi connectivity index (χ3v) is 4.34. The minimum absolute atomic E-state index is 0.0629. The number of aromatic nitrogens is 1. The maximum Gasteiger partial charge on any atom is 0.261 e. The molecule has 0 unspecified atom stereocenters. The molecule has 0 radical (unpaired) electrons. The third kappa shape index (κ3) is 3.81. The van der Waals surface area contributed by atoms with Crippen LogP contribution in [0, 0.1) is 5.82 Å². The molecule has 0 aliphatic rings. The highest BCUT2D eigenvalue weighted by Gasteiger charge is 2.23. The number of anilines is 1. The van der Waals surface area contributed by atoms with Crippen molar-refractivity contribution in [3.63, 3.8) is 0 Å². The molecule has 3 rings (SSSR count). The molecule has 0 aliphatic heterocycles. The van der Waals surface area contributed by atoms with E-state index in [0.29, 0.717) is 16.4 Å². The molecule has 0 spiro atoms. The van der Waals surface area contributed by atoms with Gasteiger partial charge in [-0.25, -0.2) is 9.37 Å². The van der Waals surface area contributed by atoms with Crippen LogP contribution in [0.25, 0.3) is 0 Å². The van der Waals surface area contributed by atoms with Crippen molar-refractivity contribution < 1.29 is 9.18 Å². The average Bonchev–Trinajstić information content (AvgIpc) is 2.62. The Kier molecular flexibility index (Phi) is 5.31. The van der Waals surface area contributed by atoms with Gasteiger partial charge in [0.05, 0.1) is 17.1 Å². The summed E-state index contributed by atoms with van der Waals surface area (Å²) in [5.74, 6) is -0.490. The largest absolute Gasteiger partial charge is 0.288 e. The molecule has 25 heavy (non-hydrogen) atoms. The Morgan fingerprint density at radius 2 is 1.68 bits per heavy atom. The second kappa shape index (κ2) is 7.64. The van der Waals surface area contributed by atoms with E-state index >= 15 is 0 Å². The quantitative estimate of drug-likeness (QED) is 0.614. The predicted octanol–water partition coefficient (Wildman–Crippen LogP) is 5.37. The van der Waals surface area contributed by atoms with Crippen molar-refractivity contribution in [1.82, 2.24) is 4.98 Å². The zero-order valence-electron chi connectivity index (χ0n) is 13.0. The standard InChI is InChI=1S/C19H13Cl2FN2O/c20-15-7-2-1-6-13(15)19(25)24(18-10-3-4-11-23-18)12-14-16(21)8-5-9-17(14)22/h1-11H,12H2. The Balaban J connectivity index is 2.05. The number of carbonyl (C=O) groups excluding carboxylic acids is 1. The second-order valence-corrected chi connectivity index (χ2v) is 6.07. The van der Waals surface area contributed by atoms with Crippen LogP contribution in [-0.2, 0) is 6.54 Å². The summed E-state index contributed by atoms with van der Waals surface area (Å²) in [5.41, 5.74) is 0.525. The van der Waals surface area contributed by atoms with Crippen molar-refractivity contribution in [3.05, 3.63) is 93.8 Å². The van der Waals surface area contributed by atoms with E-state index in [1.165, 1.54) is 17.0 Å². The molecular formula is C19H13Cl2FN2O. The Labute approximate surface area is 154 Å². The zero-order chi connectivity index (χ0) is 17.8. The molecule has 0 atom stereocenters. The summed E-state index contributed by atoms with van der Waals surface area (Å²) in [6.45, 7) is -0.0629. The number of rotatable bonds is 4. The van der Waals surface area contributed by atoms with E-state index in [9.17, 15) is 9.18 Å². The summed E-state index contributed by atoms with van der Waals surface area (Å²) in [7, 11) is 0. The summed E-state index contributed by atoms with van der Waals surface area (Å²) >= 11 is 12.3. The third-order valence-electron chi connectivity index (χ3n) is 3.65. The summed E-state index contributed by atoms with van der Waals surface area (Å²) in [4.78, 5) is 18.6. The van der Waals surface area contributed by atoms with Crippen molar-refractivity contribution in [2.45, 2.75) is 6.54 Å². The number of hydrogen-bond donors (Lipinski definition) is 0. The number of amides is 1. The first kappa shape index (κ1) is 17.4. The predicted molar refractivity (Wildman–Crippen MR) is 97.6 cm³/mol. The van der Waals surface area contributed by atoms with Crippen LogP contribution in [0.1, 0.15) is 15.9 Å². The summed E-state index contributed by atoms with van der Waals surface area (Å²) in [5, 5.41) is 0.556. The smallest absolute Gasteiger partial charge is 0.261 e. The Morgan fingerprint density at radius 1 is 0.960 bits per heavy atom. The number of pyridine rings is 1. The minimum Gasteiger partial charge on any atom is -0.288 e. The van der Waals surface area contributed by atoms with Crippen molar-refractivity contribution in [1.29, 1.82) is 0 Å². The average molecular weight is 375 g/mol. The van der Waals surface area contributed by atoms with Gasteiger partial charge in [-0.1, -0.05) is 47.5 Å². The van der Waals surface area contributed by atoms with E-state index in [1.807, 2.05) is 0 Å². The van der Waals surface area contributed by atoms with Crippen molar-refractivity contribution >= 4 is 34.9 Å². The number of carbonyl (C=O) groups is 1. The molecular weight excluding hydrogens is 362 g/mol. The Bertz CT molecular complexity index is 883. The normalized spacial score (nSPS) is 10.5. The van der Waals surface area contributed by atoms with Gasteiger partial charge in [0.15, 0.2) is 0 Å². The molecule has 3 aromatic rings. The monoisotopic (exact) mass is 374 g/mol. The van der Waals surface area contributed by atoms with Gasteiger partial charge in [-0.3, -0.25) is 9.69 Å². The van der Waals surface area contributed by atoms with Crippen LogP contribution in [0.15, 0.2) is 66.9 Å². The second-order valence-electron chi connectivity index (χ2n) is 5.26. The molecule has 0 bridgehead atoms. The van der Waals surface area contributed by atoms with Gasteiger partial charge in [0, 0.05) is 16.8 Å². The van der Waals surface area contributed by atoms with Gasteiger partial charge in [-0.2, -0.15) is 0 Å². The van der Waals surface area contributed by atoms with Crippen molar-refractivity contribution in [2.75, 3.05) is 4.90 Å². The lowest BCUT2D eigenvalue weighted by Crippen LogP contribution is -2.31. The Hall–Kier alpha value is -2.43. The van der Waals surface area contributed by atoms with Crippen LogP contribution in [0.5, 0.6) is 0 Å². The molecule has 0 aliphatic carbocycles. The molecule has 6 heteroatoms. The first-order valence-corrected chi connectivity index (χ1v) is 8.24. The SMILES string of the molecule is O=C(c1ccccc1Cl)N(Cc1c(F)cccc1Cl)c1ccccn1. The minimum atomic E-state index is -0.486. The van der Waals surface area contributed by atoms with E-state index in [2.05, 4.69) is 4.98 Å². The van der Waals surface area contributed by atoms with E-state index in [1.54, 1.807) is 54.7 Å². The molecule has 3 nitrogen and oxygen atoms in total. The summed E-state index contributed by atoms with van der Waals surface area (Å²) in [6, 6.07) is 16.2. The van der Waals surface area contributed by atoms with Gasteiger partial charge < -0.3 is 0 Å². The zero-order valence-corrected chi connectivity index (χ0v) is 14.5. The lowest BCUT2D eigenvalue weighted by Gasteiger charge is -2.23. The lowest BCUT2D eigenvalue weighted by molar-refractivity contribution is 0.0984. The van der Waals surface area contributed by atoms with Gasteiger partial charge in [0.2, 0.25) is 0 Å². The molecule has 126 valence electrons. The molecule has 0 fully saturated rings. The van der Waals surface area contributed by atoms with Gasteiger partial charge in [-0.15, -0.1) is 0 Å². The summed E-state index contributed by atoms with van der Waals surface area (Å²) in [6.07, 6.45) is 1.56. The van der Waals surface area contributed by atoms with E-state index in [4.69, 9.17) is 23.2 Å². The van der Waals surface area contributed by atoms with Crippen LogP contribution < -0.4 is 4.90 Å². The van der Waals surface area contributed by atoms with Crippen LogP contribution >= 0.6 is 23.2 Å². The fourth-order valence-electron chi connectivity index (χ4n) is 2.39. The fraction of sp³-hybridized carbons (Fsp3) is 0.0526. The van der Waals surface area contributed by atoms with Gasteiger partial charge >= 0.3 is 0 Å². The molecule has 0 saturated carbocycles. The fourth-order valence-corrected chi connectivity index (χ4v) is 2.83. The first-order valence-electron chi connectivity index (χ1n) is 7.48. The lowest BCUT2D eigenvalue weighted by atomic mass is 10.1.